The molecule has 1 rings (SSSR count). The van der Waals surface area contributed by atoms with E-state index in [9.17, 15) is 0 Å². The summed E-state index contributed by atoms with van der Waals surface area (Å²) >= 11 is 0. The van der Waals surface area contributed by atoms with Crippen LogP contribution in [-0.4, -0.2) is 23.8 Å². The SMILES string of the molecule is CC(C)NC(C#N)CCOc1ccccc1CO. The second kappa shape index (κ2) is 7.70. The van der Waals surface area contributed by atoms with Crippen molar-refractivity contribution < 1.29 is 9.84 Å². The minimum Gasteiger partial charge on any atom is -0.493 e. The van der Waals surface area contributed by atoms with Gasteiger partial charge in [-0.3, -0.25) is 5.32 Å². The summed E-state index contributed by atoms with van der Waals surface area (Å²) in [5.74, 6) is 0.682. The van der Waals surface area contributed by atoms with Crippen molar-refractivity contribution in [3.63, 3.8) is 0 Å². The molecule has 1 aromatic rings. The monoisotopic (exact) mass is 248 g/mol. The van der Waals surface area contributed by atoms with Gasteiger partial charge in [0.1, 0.15) is 5.75 Å². The van der Waals surface area contributed by atoms with E-state index in [1.54, 1.807) is 0 Å². The number of aliphatic hydroxyl groups excluding tert-OH is 1. The van der Waals surface area contributed by atoms with Gasteiger partial charge >= 0.3 is 0 Å². The lowest BCUT2D eigenvalue weighted by Crippen LogP contribution is -2.34. The molecular weight excluding hydrogens is 228 g/mol. The van der Waals surface area contributed by atoms with Crippen LogP contribution in [0.15, 0.2) is 24.3 Å². The van der Waals surface area contributed by atoms with Crippen molar-refractivity contribution in [2.75, 3.05) is 6.61 Å². The predicted molar refractivity (Wildman–Crippen MR) is 70.1 cm³/mol. The van der Waals surface area contributed by atoms with Gasteiger partial charge in [-0.15, -0.1) is 0 Å². The summed E-state index contributed by atoms with van der Waals surface area (Å²) in [5.41, 5.74) is 0.767. The van der Waals surface area contributed by atoms with E-state index in [2.05, 4.69) is 11.4 Å². The topological polar surface area (TPSA) is 65.3 Å². The molecule has 0 saturated heterocycles. The van der Waals surface area contributed by atoms with Gasteiger partial charge in [-0.05, 0) is 19.9 Å². The third-order valence-corrected chi connectivity index (χ3v) is 2.50. The number of nitrogens with zero attached hydrogens (tertiary/aromatic N) is 1. The van der Waals surface area contributed by atoms with Crippen LogP contribution in [0, 0.1) is 11.3 Å². The van der Waals surface area contributed by atoms with Crippen molar-refractivity contribution >= 4 is 0 Å². The Balaban J connectivity index is 2.43. The van der Waals surface area contributed by atoms with Crippen molar-refractivity contribution in [3.05, 3.63) is 29.8 Å². The molecule has 1 atom stereocenters. The summed E-state index contributed by atoms with van der Waals surface area (Å²) < 4.78 is 5.59. The summed E-state index contributed by atoms with van der Waals surface area (Å²) in [6, 6.07) is 9.65. The molecule has 0 aliphatic rings. The number of nitrogens with one attached hydrogen (secondary N) is 1. The highest BCUT2D eigenvalue weighted by molar-refractivity contribution is 5.32. The minimum absolute atomic E-state index is 0.0396. The fourth-order valence-corrected chi connectivity index (χ4v) is 1.65. The second-order valence-electron chi connectivity index (χ2n) is 4.41. The lowest BCUT2D eigenvalue weighted by atomic mass is 10.2. The Hall–Kier alpha value is -1.57. The van der Waals surface area contributed by atoms with Crippen LogP contribution in [-0.2, 0) is 6.61 Å². The highest BCUT2D eigenvalue weighted by Crippen LogP contribution is 2.17. The Morgan fingerprint density at radius 2 is 2.11 bits per heavy atom. The van der Waals surface area contributed by atoms with Gasteiger partial charge in [0.25, 0.3) is 0 Å². The molecule has 1 aromatic carbocycles. The Morgan fingerprint density at radius 1 is 1.39 bits per heavy atom. The molecule has 0 fully saturated rings. The van der Waals surface area contributed by atoms with E-state index in [0.717, 1.165) is 5.56 Å². The second-order valence-corrected chi connectivity index (χ2v) is 4.41. The molecule has 0 radical (unpaired) electrons. The smallest absolute Gasteiger partial charge is 0.124 e. The average molecular weight is 248 g/mol. The lowest BCUT2D eigenvalue weighted by molar-refractivity contribution is 0.257. The van der Waals surface area contributed by atoms with Crippen molar-refractivity contribution in [2.24, 2.45) is 0 Å². The summed E-state index contributed by atoms with van der Waals surface area (Å²) in [5, 5.41) is 21.3. The molecular formula is C14H20N2O2. The van der Waals surface area contributed by atoms with Crippen molar-refractivity contribution in [2.45, 2.75) is 39.0 Å². The van der Waals surface area contributed by atoms with Gasteiger partial charge in [0, 0.05) is 18.0 Å². The van der Waals surface area contributed by atoms with E-state index in [1.807, 2.05) is 38.1 Å². The third-order valence-electron chi connectivity index (χ3n) is 2.50. The Morgan fingerprint density at radius 3 is 2.72 bits per heavy atom. The van der Waals surface area contributed by atoms with Crippen LogP contribution in [0.3, 0.4) is 0 Å². The molecule has 0 aliphatic heterocycles. The average Bonchev–Trinajstić information content (AvgIpc) is 2.37. The summed E-state index contributed by atoms with van der Waals surface area (Å²) in [6.45, 7) is 4.43. The fraction of sp³-hybridized carbons (Fsp3) is 0.500. The molecule has 18 heavy (non-hydrogen) atoms. The van der Waals surface area contributed by atoms with Gasteiger partial charge in [-0.1, -0.05) is 18.2 Å². The molecule has 4 nitrogen and oxygen atoms in total. The quantitative estimate of drug-likeness (QED) is 0.772. The van der Waals surface area contributed by atoms with Gasteiger partial charge in [-0.25, -0.2) is 0 Å². The zero-order chi connectivity index (χ0) is 13.4. The van der Waals surface area contributed by atoms with Gasteiger partial charge < -0.3 is 9.84 Å². The summed E-state index contributed by atoms with van der Waals surface area (Å²) in [6.07, 6.45) is 0.619. The van der Waals surface area contributed by atoms with Crippen molar-refractivity contribution in [1.82, 2.24) is 5.32 Å². The summed E-state index contributed by atoms with van der Waals surface area (Å²) in [7, 11) is 0. The highest BCUT2D eigenvalue weighted by Gasteiger charge is 2.09. The van der Waals surface area contributed by atoms with E-state index in [4.69, 9.17) is 15.1 Å². The fourth-order valence-electron chi connectivity index (χ4n) is 1.65. The van der Waals surface area contributed by atoms with Crippen LogP contribution in [0.1, 0.15) is 25.8 Å². The van der Waals surface area contributed by atoms with E-state index < -0.39 is 0 Å². The third kappa shape index (κ3) is 4.74. The van der Waals surface area contributed by atoms with Gasteiger partial charge in [0.05, 0.1) is 25.3 Å². The largest absolute Gasteiger partial charge is 0.493 e. The molecule has 0 saturated carbocycles. The first-order chi connectivity index (χ1) is 8.67. The van der Waals surface area contributed by atoms with Crippen LogP contribution in [0.2, 0.25) is 0 Å². The van der Waals surface area contributed by atoms with E-state index in [0.29, 0.717) is 18.8 Å². The normalized spacial score (nSPS) is 12.2. The van der Waals surface area contributed by atoms with Crippen LogP contribution in [0.4, 0.5) is 0 Å². The standard InChI is InChI=1S/C14H20N2O2/c1-11(2)16-13(9-15)7-8-18-14-6-4-3-5-12(14)10-17/h3-6,11,13,16-17H,7-8,10H2,1-2H3. The van der Waals surface area contributed by atoms with E-state index in [-0.39, 0.29) is 18.7 Å². The number of hydrogen-bond acceptors (Lipinski definition) is 4. The number of rotatable bonds is 7. The van der Waals surface area contributed by atoms with Crippen molar-refractivity contribution in [1.29, 1.82) is 5.26 Å². The van der Waals surface area contributed by atoms with Gasteiger partial charge in [-0.2, -0.15) is 5.26 Å². The zero-order valence-corrected chi connectivity index (χ0v) is 10.9. The van der Waals surface area contributed by atoms with E-state index in [1.165, 1.54) is 0 Å². The molecule has 0 aromatic heterocycles. The maximum absolute atomic E-state index is 9.15. The van der Waals surface area contributed by atoms with Gasteiger partial charge in [0.15, 0.2) is 0 Å². The van der Waals surface area contributed by atoms with Crippen molar-refractivity contribution in [3.8, 4) is 11.8 Å². The number of para-hydroxylation sites is 1. The molecule has 0 spiro atoms. The first kappa shape index (κ1) is 14.5. The molecule has 4 heteroatoms. The molecule has 98 valence electrons. The number of aliphatic hydroxyl groups is 1. The maximum atomic E-state index is 9.15. The van der Waals surface area contributed by atoms with Crippen LogP contribution in [0.5, 0.6) is 5.75 Å². The molecule has 0 bridgehead atoms. The number of benzene rings is 1. The van der Waals surface area contributed by atoms with Crippen LogP contribution >= 0.6 is 0 Å². The number of hydrogen-bond donors (Lipinski definition) is 2. The first-order valence-electron chi connectivity index (χ1n) is 6.14. The minimum atomic E-state index is -0.203. The zero-order valence-electron chi connectivity index (χ0n) is 10.9. The highest BCUT2D eigenvalue weighted by atomic mass is 16.5. The Kier molecular flexibility index (Phi) is 6.20. The molecule has 0 amide bonds. The Labute approximate surface area is 108 Å². The maximum Gasteiger partial charge on any atom is 0.124 e. The Bertz CT molecular complexity index is 399. The molecule has 1 unspecified atom stereocenters. The summed E-state index contributed by atoms with van der Waals surface area (Å²) in [4.78, 5) is 0. The number of ether oxygens (including phenoxy) is 1. The first-order valence-corrected chi connectivity index (χ1v) is 6.14. The molecule has 0 heterocycles. The number of nitriles is 1. The predicted octanol–water partition coefficient (Wildman–Crippen LogP) is 1.84. The van der Waals surface area contributed by atoms with E-state index >= 15 is 0 Å². The van der Waals surface area contributed by atoms with Gasteiger partial charge in [0.2, 0.25) is 0 Å². The van der Waals surface area contributed by atoms with Crippen LogP contribution < -0.4 is 10.1 Å². The lowest BCUT2D eigenvalue weighted by Gasteiger charge is -2.15. The van der Waals surface area contributed by atoms with Crippen LogP contribution in [0.25, 0.3) is 0 Å². The molecule has 0 aliphatic carbocycles. The molecule has 2 N–H and O–H groups in total.